The van der Waals surface area contributed by atoms with Gasteiger partial charge in [-0.3, -0.25) is 0 Å². The molecule has 0 aliphatic carbocycles. The summed E-state index contributed by atoms with van der Waals surface area (Å²) in [7, 11) is 0. The summed E-state index contributed by atoms with van der Waals surface area (Å²) in [4.78, 5) is 0. The SMILES string of the molecule is OCCOCCO.[Ru]. The third-order valence-corrected chi connectivity index (χ3v) is 0.471. The molecular weight excluding hydrogens is 197 g/mol. The van der Waals surface area contributed by atoms with Crippen molar-refractivity contribution in [3.8, 4) is 0 Å². The third-order valence-electron chi connectivity index (χ3n) is 0.471. The quantitative estimate of drug-likeness (QED) is 0.458. The van der Waals surface area contributed by atoms with Crippen molar-refractivity contribution in [2.24, 2.45) is 0 Å². The average molecular weight is 207 g/mol. The van der Waals surface area contributed by atoms with Gasteiger partial charge in [-0.05, 0) is 0 Å². The molecule has 0 bridgehead atoms. The molecule has 0 saturated carbocycles. The van der Waals surface area contributed by atoms with Gasteiger partial charge in [0.05, 0.1) is 26.4 Å². The van der Waals surface area contributed by atoms with Crippen LogP contribution in [0.4, 0.5) is 0 Å². The van der Waals surface area contributed by atoms with E-state index in [0.29, 0.717) is 13.2 Å². The zero-order chi connectivity index (χ0) is 5.54. The fraction of sp³-hybridized carbons (Fsp3) is 1.00. The molecule has 0 aromatic rings. The molecule has 0 aromatic heterocycles. The van der Waals surface area contributed by atoms with Gasteiger partial charge in [-0.25, -0.2) is 0 Å². The molecule has 0 amide bonds. The topological polar surface area (TPSA) is 49.7 Å². The van der Waals surface area contributed by atoms with E-state index >= 15 is 0 Å². The summed E-state index contributed by atoms with van der Waals surface area (Å²) < 4.78 is 4.63. The minimum absolute atomic E-state index is 0. The molecule has 0 heterocycles. The van der Waals surface area contributed by atoms with Crippen LogP contribution in [-0.2, 0) is 24.2 Å². The van der Waals surface area contributed by atoms with E-state index in [1.165, 1.54) is 0 Å². The molecule has 0 saturated heterocycles. The zero-order valence-corrected chi connectivity index (χ0v) is 6.22. The molecular formula is C4H10O3Ru. The van der Waals surface area contributed by atoms with E-state index < -0.39 is 0 Å². The maximum Gasteiger partial charge on any atom is 0.0698 e. The first-order valence-electron chi connectivity index (χ1n) is 2.21. The maximum atomic E-state index is 8.09. The summed E-state index contributed by atoms with van der Waals surface area (Å²) in [5.41, 5.74) is 0. The van der Waals surface area contributed by atoms with Gasteiger partial charge in [0.2, 0.25) is 0 Å². The van der Waals surface area contributed by atoms with Crippen LogP contribution in [0, 0.1) is 0 Å². The molecule has 8 heavy (non-hydrogen) atoms. The van der Waals surface area contributed by atoms with Crippen LogP contribution in [0.5, 0.6) is 0 Å². The van der Waals surface area contributed by atoms with Crippen molar-refractivity contribution < 1.29 is 34.4 Å². The minimum atomic E-state index is 0. The Labute approximate surface area is 61.4 Å². The molecule has 0 fully saturated rings. The standard InChI is InChI=1S/C4H10O3.Ru/c5-1-3-7-4-2-6;/h5-6H,1-4H2;. The summed E-state index contributed by atoms with van der Waals surface area (Å²) >= 11 is 0. The monoisotopic (exact) mass is 208 g/mol. The van der Waals surface area contributed by atoms with Crippen molar-refractivity contribution in [1.82, 2.24) is 0 Å². The summed E-state index contributed by atoms with van der Waals surface area (Å²) in [6, 6.07) is 0. The van der Waals surface area contributed by atoms with Crippen molar-refractivity contribution in [3.63, 3.8) is 0 Å². The van der Waals surface area contributed by atoms with E-state index in [0.717, 1.165) is 0 Å². The average Bonchev–Trinajstić information content (AvgIpc) is 1.69. The Balaban J connectivity index is 0. The van der Waals surface area contributed by atoms with E-state index in [9.17, 15) is 0 Å². The smallest absolute Gasteiger partial charge is 0.0698 e. The Morgan fingerprint density at radius 3 is 1.62 bits per heavy atom. The fourth-order valence-corrected chi connectivity index (χ4v) is 0.231. The van der Waals surface area contributed by atoms with Gasteiger partial charge in [0, 0.05) is 19.5 Å². The second-order valence-corrected chi connectivity index (χ2v) is 1.06. The van der Waals surface area contributed by atoms with Gasteiger partial charge in [0.15, 0.2) is 0 Å². The molecule has 0 aliphatic heterocycles. The van der Waals surface area contributed by atoms with Crippen LogP contribution >= 0.6 is 0 Å². The summed E-state index contributed by atoms with van der Waals surface area (Å²) in [6.07, 6.45) is 0. The van der Waals surface area contributed by atoms with Crippen LogP contribution < -0.4 is 0 Å². The molecule has 0 atom stereocenters. The number of hydrogen-bond acceptors (Lipinski definition) is 3. The predicted molar refractivity (Wildman–Crippen MR) is 25.0 cm³/mol. The Kier molecular flexibility index (Phi) is 14.8. The number of ether oxygens (including phenoxy) is 1. The van der Waals surface area contributed by atoms with E-state index in [1.807, 2.05) is 0 Å². The van der Waals surface area contributed by atoms with Gasteiger partial charge in [-0.2, -0.15) is 0 Å². The van der Waals surface area contributed by atoms with Crippen molar-refractivity contribution in [3.05, 3.63) is 0 Å². The van der Waals surface area contributed by atoms with Gasteiger partial charge in [-0.15, -0.1) is 0 Å². The zero-order valence-electron chi connectivity index (χ0n) is 4.48. The van der Waals surface area contributed by atoms with E-state index in [2.05, 4.69) is 4.74 Å². The number of hydrogen-bond donors (Lipinski definition) is 2. The van der Waals surface area contributed by atoms with Gasteiger partial charge >= 0.3 is 0 Å². The third kappa shape index (κ3) is 9.71. The first kappa shape index (κ1) is 11.3. The number of rotatable bonds is 4. The van der Waals surface area contributed by atoms with Crippen LogP contribution in [0.25, 0.3) is 0 Å². The number of aliphatic hydroxyl groups excluding tert-OH is 2. The van der Waals surface area contributed by atoms with Crippen LogP contribution in [0.3, 0.4) is 0 Å². The van der Waals surface area contributed by atoms with Crippen molar-refractivity contribution >= 4 is 0 Å². The van der Waals surface area contributed by atoms with Gasteiger partial charge < -0.3 is 14.9 Å². The van der Waals surface area contributed by atoms with Gasteiger partial charge in [0.25, 0.3) is 0 Å². The Hall–Kier alpha value is 0.503. The van der Waals surface area contributed by atoms with Crippen molar-refractivity contribution in [2.45, 2.75) is 0 Å². The van der Waals surface area contributed by atoms with Crippen LogP contribution in [-0.4, -0.2) is 36.6 Å². The second-order valence-electron chi connectivity index (χ2n) is 1.06. The molecule has 0 aliphatic rings. The molecule has 0 unspecified atom stereocenters. The Bertz CT molecular complexity index is 30.5. The largest absolute Gasteiger partial charge is 0.394 e. The molecule has 0 spiro atoms. The van der Waals surface area contributed by atoms with Crippen molar-refractivity contribution in [1.29, 1.82) is 0 Å². The van der Waals surface area contributed by atoms with E-state index in [1.54, 1.807) is 0 Å². The fourth-order valence-electron chi connectivity index (χ4n) is 0.231. The minimum Gasteiger partial charge on any atom is -0.394 e. The Morgan fingerprint density at radius 1 is 1.00 bits per heavy atom. The van der Waals surface area contributed by atoms with E-state index in [-0.39, 0.29) is 32.7 Å². The second kappa shape index (κ2) is 10.5. The van der Waals surface area contributed by atoms with Crippen molar-refractivity contribution in [2.75, 3.05) is 26.4 Å². The molecule has 52 valence electrons. The molecule has 4 heteroatoms. The summed E-state index contributed by atoms with van der Waals surface area (Å²) in [5, 5.41) is 16.2. The molecule has 0 radical (unpaired) electrons. The van der Waals surface area contributed by atoms with Crippen LogP contribution in [0.1, 0.15) is 0 Å². The molecule has 2 N–H and O–H groups in total. The molecule has 0 aromatic carbocycles. The Morgan fingerprint density at radius 2 is 1.38 bits per heavy atom. The first-order chi connectivity index (χ1) is 3.41. The van der Waals surface area contributed by atoms with E-state index in [4.69, 9.17) is 10.2 Å². The van der Waals surface area contributed by atoms with Gasteiger partial charge in [0.1, 0.15) is 0 Å². The molecule has 0 rings (SSSR count). The summed E-state index contributed by atoms with van der Waals surface area (Å²) in [5.74, 6) is 0. The molecule has 3 nitrogen and oxygen atoms in total. The predicted octanol–water partition coefficient (Wildman–Crippen LogP) is -1.01. The van der Waals surface area contributed by atoms with Crippen LogP contribution in [0.15, 0.2) is 0 Å². The summed E-state index contributed by atoms with van der Waals surface area (Å²) in [6.45, 7) is 0.696. The van der Waals surface area contributed by atoms with Gasteiger partial charge in [-0.1, -0.05) is 0 Å². The maximum absolute atomic E-state index is 8.09. The number of aliphatic hydroxyl groups is 2. The normalized spacial score (nSPS) is 8.25. The van der Waals surface area contributed by atoms with Crippen LogP contribution in [0.2, 0.25) is 0 Å². The first-order valence-corrected chi connectivity index (χ1v) is 2.21.